The molecule has 0 saturated carbocycles. The quantitative estimate of drug-likeness (QED) is 0.852. The van der Waals surface area contributed by atoms with E-state index in [1.54, 1.807) is 12.1 Å². The molecule has 0 radical (unpaired) electrons. The minimum atomic E-state index is -0.211. The van der Waals surface area contributed by atoms with Crippen molar-refractivity contribution in [2.24, 2.45) is 5.41 Å². The summed E-state index contributed by atoms with van der Waals surface area (Å²) in [7, 11) is 0. The molecular formula is C13H17FO2. The van der Waals surface area contributed by atoms with Crippen molar-refractivity contribution in [2.45, 2.75) is 19.3 Å². The first-order valence-electron chi connectivity index (χ1n) is 5.67. The minimum Gasteiger partial charge on any atom is -0.396 e. The lowest BCUT2D eigenvalue weighted by Gasteiger charge is -2.35. The normalized spacial score (nSPS) is 19.6. The highest BCUT2D eigenvalue weighted by molar-refractivity contribution is 5.18. The van der Waals surface area contributed by atoms with Crippen LogP contribution < -0.4 is 0 Å². The summed E-state index contributed by atoms with van der Waals surface area (Å²) in [4.78, 5) is 0. The van der Waals surface area contributed by atoms with Gasteiger partial charge in [0.25, 0.3) is 0 Å². The van der Waals surface area contributed by atoms with Gasteiger partial charge in [0.15, 0.2) is 0 Å². The molecular weight excluding hydrogens is 207 g/mol. The summed E-state index contributed by atoms with van der Waals surface area (Å²) >= 11 is 0. The number of ether oxygens (including phenoxy) is 1. The van der Waals surface area contributed by atoms with E-state index in [9.17, 15) is 9.50 Å². The summed E-state index contributed by atoms with van der Waals surface area (Å²) in [6, 6.07) is 6.62. The largest absolute Gasteiger partial charge is 0.396 e. The molecule has 1 aromatic carbocycles. The zero-order valence-corrected chi connectivity index (χ0v) is 9.29. The third kappa shape index (κ3) is 2.60. The van der Waals surface area contributed by atoms with Crippen LogP contribution in [-0.4, -0.2) is 24.9 Å². The molecule has 1 heterocycles. The number of aliphatic hydroxyl groups excluding tert-OH is 1. The summed E-state index contributed by atoms with van der Waals surface area (Å²) < 4.78 is 18.4. The van der Waals surface area contributed by atoms with E-state index in [2.05, 4.69) is 0 Å². The van der Waals surface area contributed by atoms with Crippen LogP contribution in [0, 0.1) is 11.2 Å². The molecule has 2 rings (SSSR count). The van der Waals surface area contributed by atoms with Gasteiger partial charge in [0.1, 0.15) is 5.82 Å². The van der Waals surface area contributed by atoms with E-state index < -0.39 is 0 Å². The molecule has 0 unspecified atom stereocenters. The predicted octanol–water partition coefficient (Wildman–Crippen LogP) is 2.16. The van der Waals surface area contributed by atoms with E-state index in [4.69, 9.17) is 4.74 Å². The highest BCUT2D eigenvalue weighted by Crippen LogP contribution is 2.33. The zero-order valence-electron chi connectivity index (χ0n) is 9.29. The van der Waals surface area contributed by atoms with Crippen molar-refractivity contribution in [3.8, 4) is 0 Å². The van der Waals surface area contributed by atoms with Gasteiger partial charge in [-0.25, -0.2) is 4.39 Å². The molecule has 2 nitrogen and oxygen atoms in total. The Balaban J connectivity index is 2.11. The molecule has 0 amide bonds. The van der Waals surface area contributed by atoms with Crippen molar-refractivity contribution < 1.29 is 14.2 Å². The molecule has 88 valence electrons. The highest BCUT2D eigenvalue weighted by Gasteiger charge is 2.32. The van der Waals surface area contributed by atoms with Gasteiger partial charge in [0.05, 0.1) is 0 Å². The van der Waals surface area contributed by atoms with Crippen molar-refractivity contribution in [3.05, 3.63) is 35.6 Å². The molecule has 0 spiro atoms. The smallest absolute Gasteiger partial charge is 0.123 e. The Hall–Kier alpha value is -0.930. The lowest BCUT2D eigenvalue weighted by Crippen LogP contribution is -2.35. The molecule has 0 aliphatic carbocycles. The molecule has 1 N–H and O–H groups in total. The van der Waals surface area contributed by atoms with Gasteiger partial charge < -0.3 is 9.84 Å². The van der Waals surface area contributed by atoms with E-state index in [1.807, 2.05) is 6.07 Å². The molecule has 1 fully saturated rings. The fourth-order valence-electron chi connectivity index (χ4n) is 2.28. The zero-order chi connectivity index (χ0) is 11.4. The number of hydrogen-bond acceptors (Lipinski definition) is 2. The van der Waals surface area contributed by atoms with Gasteiger partial charge >= 0.3 is 0 Å². The van der Waals surface area contributed by atoms with E-state index in [0.29, 0.717) is 13.2 Å². The topological polar surface area (TPSA) is 29.5 Å². The maximum atomic E-state index is 13.1. The first kappa shape index (κ1) is 11.6. The predicted molar refractivity (Wildman–Crippen MR) is 59.7 cm³/mol. The number of rotatable bonds is 3. The molecule has 0 atom stereocenters. The van der Waals surface area contributed by atoms with Crippen LogP contribution in [0.25, 0.3) is 0 Å². The minimum absolute atomic E-state index is 0.119. The molecule has 1 aromatic rings. The van der Waals surface area contributed by atoms with Gasteiger partial charge in [-0.2, -0.15) is 0 Å². The SMILES string of the molecule is OCC1(Cc2cccc(F)c2)CCOCC1. The van der Waals surface area contributed by atoms with Gasteiger partial charge in [0, 0.05) is 25.2 Å². The van der Waals surface area contributed by atoms with Crippen molar-refractivity contribution in [2.75, 3.05) is 19.8 Å². The third-order valence-electron chi connectivity index (χ3n) is 3.36. The number of hydrogen-bond donors (Lipinski definition) is 1. The Morgan fingerprint density at radius 3 is 2.69 bits per heavy atom. The molecule has 16 heavy (non-hydrogen) atoms. The van der Waals surface area contributed by atoms with Gasteiger partial charge in [0.2, 0.25) is 0 Å². The van der Waals surface area contributed by atoms with Gasteiger partial charge in [-0.3, -0.25) is 0 Å². The summed E-state index contributed by atoms with van der Waals surface area (Å²) in [6.45, 7) is 1.53. The van der Waals surface area contributed by atoms with Crippen molar-refractivity contribution in [1.29, 1.82) is 0 Å². The maximum Gasteiger partial charge on any atom is 0.123 e. The van der Waals surface area contributed by atoms with Gasteiger partial charge in [-0.15, -0.1) is 0 Å². The lowest BCUT2D eigenvalue weighted by molar-refractivity contribution is -0.0157. The number of benzene rings is 1. The van der Waals surface area contributed by atoms with Crippen LogP contribution in [0.4, 0.5) is 4.39 Å². The van der Waals surface area contributed by atoms with Gasteiger partial charge in [-0.1, -0.05) is 12.1 Å². The van der Waals surface area contributed by atoms with Gasteiger partial charge in [-0.05, 0) is 37.0 Å². The number of halogens is 1. The second kappa shape index (κ2) is 4.93. The Morgan fingerprint density at radius 2 is 2.06 bits per heavy atom. The van der Waals surface area contributed by atoms with Crippen LogP contribution >= 0.6 is 0 Å². The van der Waals surface area contributed by atoms with E-state index in [0.717, 1.165) is 24.8 Å². The van der Waals surface area contributed by atoms with Crippen LogP contribution in [0.3, 0.4) is 0 Å². The molecule has 1 aliphatic rings. The van der Waals surface area contributed by atoms with Crippen LogP contribution in [0.5, 0.6) is 0 Å². The van der Waals surface area contributed by atoms with Crippen molar-refractivity contribution in [3.63, 3.8) is 0 Å². The van der Waals surface area contributed by atoms with Crippen LogP contribution in [0.15, 0.2) is 24.3 Å². The molecule has 3 heteroatoms. The standard InChI is InChI=1S/C13H17FO2/c14-12-3-1-2-11(8-12)9-13(10-15)4-6-16-7-5-13/h1-3,8,15H,4-7,9-10H2. The van der Waals surface area contributed by atoms with Crippen LogP contribution in [-0.2, 0) is 11.2 Å². The number of aliphatic hydroxyl groups is 1. The van der Waals surface area contributed by atoms with E-state index >= 15 is 0 Å². The first-order chi connectivity index (χ1) is 7.74. The Bertz CT molecular complexity index is 346. The molecule has 0 bridgehead atoms. The lowest BCUT2D eigenvalue weighted by atomic mass is 9.76. The first-order valence-corrected chi connectivity index (χ1v) is 5.67. The Kier molecular flexibility index (Phi) is 3.56. The van der Waals surface area contributed by atoms with E-state index in [-0.39, 0.29) is 17.8 Å². The third-order valence-corrected chi connectivity index (χ3v) is 3.36. The average molecular weight is 224 g/mol. The van der Waals surface area contributed by atoms with Crippen molar-refractivity contribution in [1.82, 2.24) is 0 Å². The average Bonchev–Trinajstić information content (AvgIpc) is 2.30. The Morgan fingerprint density at radius 1 is 1.31 bits per heavy atom. The summed E-state index contributed by atoms with van der Waals surface area (Å²) in [5, 5.41) is 9.52. The fraction of sp³-hybridized carbons (Fsp3) is 0.538. The van der Waals surface area contributed by atoms with Crippen molar-refractivity contribution >= 4 is 0 Å². The molecule has 1 aliphatic heterocycles. The molecule has 0 aromatic heterocycles. The second-order valence-corrected chi connectivity index (χ2v) is 4.58. The maximum absolute atomic E-state index is 13.1. The summed E-state index contributed by atoms with van der Waals surface area (Å²) in [5.74, 6) is -0.211. The highest BCUT2D eigenvalue weighted by atomic mass is 19.1. The fourth-order valence-corrected chi connectivity index (χ4v) is 2.28. The summed E-state index contributed by atoms with van der Waals surface area (Å²) in [6.07, 6.45) is 2.42. The van der Waals surface area contributed by atoms with Crippen LogP contribution in [0.1, 0.15) is 18.4 Å². The van der Waals surface area contributed by atoms with E-state index in [1.165, 1.54) is 6.07 Å². The van der Waals surface area contributed by atoms with Crippen LogP contribution in [0.2, 0.25) is 0 Å². The summed E-state index contributed by atoms with van der Waals surface area (Å²) in [5.41, 5.74) is 0.836. The monoisotopic (exact) mass is 224 g/mol. The Labute approximate surface area is 95.1 Å². The second-order valence-electron chi connectivity index (χ2n) is 4.58. The molecule has 1 saturated heterocycles.